The topological polar surface area (TPSA) is 64.6 Å². The van der Waals surface area contributed by atoms with Crippen LogP contribution in [-0.4, -0.2) is 25.1 Å². The fraction of sp³-hybridized carbons (Fsp3) is 0.176. The molecular weight excluding hydrogens is 394 g/mol. The molecule has 0 spiro atoms. The van der Waals surface area contributed by atoms with Gasteiger partial charge in [0.1, 0.15) is 0 Å². The molecule has 2 aromatic carbocycles. The zero-order valence-electron chi connectivity index (χ0n) is 13.5. The number of esters is 1. The Labute approximate surface area is 155 Å². The summed E-state index contributed by atoms with van der Waals surface area (Å²) in [6, 6.07) is 7.76. The third-order valence-corrected chi connectivity index (χ3v) is 3.44. The molecule has 0 saturated heterocycles. The third-order valence-electron chi connectivity index (χ3n) is 3.11. The van der Waals surface area contributed by atoms with Crippen molar-refractivity contribution in [2.75, 3.05) is 18.5 Å². The van der Waals surface area contributed by atoms with Gasteiger partial charge in [0.25, 0.3) is 5.91 Å². The minimum absolute atomic E-state index is 0.120. The quantitative estimate of drug-likeness (QED) is 0.581. The fourth-order valence-electron chi connectivity index (χ4n) is 1.87. The van der Waals surface area contributed by atoms with Gasteiger partial charge in [-0.1, -0.05) is 23.7 Å². The van der Waals surface area contributed by atoms with Crippen molar-refractivity contribution in [1.29, 1.82) is 0 Å². The van der Waals surface area contributed by atoms with E-state index in [0.29, 0.717) is 6.07 Å². The Kier molecular flexibility index (Phi) is 6.62. The molecule has 0 fully saturated rings. The Hall–Kier alpha value is -2.81. The van der Waals surface area contributed by atoms with Crippen molar-refractivity contribution in [3.8, 4) is 5.75 Å². The van der Waals surface area contributed by atoms with E-state index >= 15 is 0 Å². The number of para-hydroxylation sites is 1. The highest BCUT2D eigenvalue weighted by molar-refractivity contribution is 6.33. The summed E-state index contributed by atoms with van der Waals surface area (Å²) in [5.41, 5.74) is -1.28. The van der Waals surface area contributed by atoms with Crippen molar-refractivity contribution < 1.29 is 36.6 Å². The molecule has 2 aromatic rings. The second-order valence-corrected chi connectivity index (χ2v) is 5.53. The van der Waals surface area contributed by atoms with Crippen molar-refractivity contribution in [1.82, 2.24) is 0 Å². The minimum Gasteiger partial charge on any atom is -0.479 e. The van der Waals surface area contributed by atoms with E-state index in [-0.39, 0.29) is 16.5 Å². The molecular formula is C17H12ClF4NO4. The molecule has 0 bridgehead atoms. The predicted octanol–water partition coefficient (Wildman–Crippen LogP) is 4.06. The van der Waals surface area contributed by atoms with Crippen LogP contribution in [0.1, 0.15) is 5.56 Å². The van der Waals surface area contributed by atoms with Gasteiger partial charge in [-0.05, 0) is 30.3 Å². The number of carbonyl (C=O) groups excluding carboxylic acids is 2. The summed E-state index contributed by atoms with van der Waals surface area (Å²) in [5.74, 6) is -2.73. The first-order valence-corrected chi connectivity index (χ1v) is 7.74. The Balaban J connectivity index is 1.85. The molecule has 0 aliphatic rings. The van der Waals surface area contributed by atoms with E-state index in [4.69, 9.17) is 16.3 Å². The maximum absolute atomic E-state index is 13.3. The van der Waals surface area contributed by atoms with Crippen LogP contribution >= 0.6 is 11.6 Å². The van der Waals surface area contributed by atoms with Crippen LogP contribution in [0, 0.1) is 5.82 Å². The van der Waals surface area contributed by atoms with E-state index in [1.165, 1.54) is 18.2 Å². The predicted molar refractivity (Wildman–Crippen MR) is 87.9 cm³/mol. The molecule has 27 heavy (non-hydrogen) atoms. The molecule has 5 nitrogen and oxygen atoms in total. The van der Waals surface area contributed by atoms with E-state index < -0.39 is 42.6 Å². The van der Waals surface area contributed by atoms with Gasteiger partial charge in [-0.15, -0.1) is 0 Å². The van der Waals surface area contributed by atoms with Crippen LogP contribution in [0.25, 0.3) is 0 Å². The lowest BCUT2D eigenvalue weighted by Crippen LogP contribution is -2.24. The molecule has 0 radical (unpaired) electrons. The lowest BCUT2D eigenvalue weighted by Gasteiger charge is -2.12. The summed E-state index contributed by atoms with van der Waals surface area (Å²) < 4.78 is 60.9. The Morgan fingerprint density at radius 1 is 1.07 bits per heavy atom. The number of alkyl halides is 3. The van der Waals surface area contributed by atoms with Crippen molar-refractivity contribution in [2.24, 2.45) is 0 Å². The number of carbonyl (C=O) groups is 2. The zero-order valence-corrected chi connectivity index (χ0v) is 14.2. The van der Waals surface area contributed by atoms with Gasteiger partial charge in [-0.3, -0.25) is 4.79 Å². The van der Waals surface area contributed by atoms with Gasteiger partial charge < -0.3 is 14.8 Å². The summed E-state index contributed by atoms with van der Waals surface area (Å²) in [6.07, 6.45) is -4.61. The number of ether oxygens (including phenoxy) is 2. The van der Waals surface area contributed by atoms with Gasteiger partial charge >= 0.3 is 12.1 Å². The first-order chi connectivity index (χ1) is 12.7. The first-order valence-electron chi connectivity index (χ1n) is 7.36. The highest BCUT2D eigenvalue weighted by Crippen LogP contribution is 2.33. The average molecular weight is 406 g/mol. The highest BCUT2D eigenvalue weighted by Gasteiger charge is 2.31. The van der Waals surface area contributed by atoms with Crippen LogP contribution in [-0.2, 0) is 20.5 Å². The third kappa shape index (κ3) is 6.14. The monoisotopic (exact) mass is 405 g/mol. The maximum atomic E-state index is 13.3. The van der Waals surface area contributed by atoms with Gasteiger partial charge in [0.15, 0.2) is 24.8 Å². The lowest BCUT2D eigenvalue weighted by atomic mass is 10.2. The molecule has 144 valence electrons. The van der Waals surface area contributed by atoms with Gasteiger partial charge in [-0.2, -0.15) is 13.2 Å². The standard InChI is InChI=1S/C17H12ClF4NO4/c18-11-6-5-10(17(20,21)22)7-13(11)23-15(24)8-27-16(25)9-26-14-4-2-1-3-12(14)19/h1-7H,8-9H2,(H,23,24). The summed E-state index contributed by atoms with van der Waals surface area (Å²) in [6.45, 7) is -1.44. The second-order valence-electron chi connectivity index (χ2n) is 5.12. The Morgan fingerprint density at radius 3 is 2.44 bits per heavy atom. The molecule has 10 heteroatoms. The number of rotatable bonds is 6. The van der Waals surface area contributed by atoms with Crippen molar-refractivity contribution in [3.63, 3.8) is 0 Å². The Morgan fingerprint density at radius 2 is 1.78 bits per heavy atom. The molecule has 0 aromatic heterocycles. The van der Waals surface area contributed by atoms with Crippen LogP contribution < -0.4 is 10.1 Å². The molecule has 2 rings (SSSR count). The van der Waals surface area contributed by atoms with Crippen LogP contribution in [0.4, 0.5) is 23.2 Å². The highest BCUT2D eigenvalue weighted by atomic mass is 35.5. The van der Waals surface area contributed by atoms with Crippen LogP contribution in [0.3, 0.4) is 0 Å². The van der Waals surface area contributed by atoms with E-state index in [2.05, 4.69) is 10.1 Å². The van der Waals surface area contributed by atoms with Gasteiger partial charge in [0.05, 0.1) is 16.3 Å². The summed E-state index contributed by atoms with van der Waals surface area (Å²) in [4.78, 5) is 23.2. The van der Waals surface area contributed by atoms with E-state index in [1.807, 2.05) is 0 Å². The number of hydrogen-bond donors (Lipinski definition) is 1. The van der Waals surface area contributed by atoms with Gasteiger partial charge in [0, 0.05) is 0 Å². The lowest BCUT2D eigenvalue weighted by molar-refractivity contribution is -0.149. The van der Waals surface area contributed by atoms with Crippen LogP contribution in [0.5, 0.6) is 5.75 Å². The number of benzene rings is 2. The second kappa shape index (κ2) is 8.72. The minimum atomic E-state index is -4.61. The molecule has 0 aliphatic carbocycles. The molecule has 0 atom stereocenters. The maximum Gasteiger partial charge on any atom is 0.416 e. The number of nitrogens with one attached hydrogen (secondary N) is 1. The first kappa shape index (κ1) is 20.5. The van der Waals surface area contributed by atoms with E-state index in [9.17, 15) is 27.2 Å². The van der Waals surface area contributed by atoms with Crippen molar-refractivity contribution in [3.05, 3.63) is 58.9 Å². The molecule has 0 unspecified atom stereocenters. The zero-order chi connectivity index (χ0) is 20.0. The molecule has 1 amide bonds. The van der Waals surface area contributed by atoms with Gasteiger partial charge in [0.2, 0.25) is 0 Å². The van der Waals surface area contributed by atoms with Gasteiger partial charge in [-0.25, -0.2) is 9.18 Å². The number of anilines is 1. The average Bonchev–Trinajstić information content (AvgIpc) is 2.60. The van der Waals surface area contributed by atoms with E-state index in [1.54, 1.807) is 0 Å². The van der Waals surface area contributed by atoms with Crippen molar-refractivity contribution >= 4 is 29.2 Å². The molecule has 0 aliphatic heterocycles. The summed E-state index contributed by atoms with van der Waals surface area (Å²) in [7, 11) is 0. The van der Waals surface area contributed by atoms with Crippen LogP contribution in [0.2, 0.25) is 5.02 Å². The molecule has 1 N–H and O–H groups in total. The molecule has 0 heterocycles. The molecule has 0 saturated carbocycles. The van der Waals surface area contributed by atoms with Crippen LogP contribution in [0.15, 0.2) is 42.5 Å². The normalized spacial score (nSPS) is 11.0. The fourth-order valence-corrected chi connectivity index (χ4v) is 2.03. The summed E-state index contributed by atoms with van der Waals surface area (Å²) in [5, 5.41) is 1.99. The number of hydrogen-bond acceptors (Lipinski definition) is 4. The SMILES string of the molecule is O=C(COC(=O)COc1ccccc1F)Nc1cc(C(F)(F)F)ccc1Cl. The van der Waals surface area contributed by atoms with E-state index in [0.717, 1.165) is 18.2 Å². The Bertz CT molecular complexity index is 842. The van der Waals surface area contributed by atoms with Crippen molar-refractivity contribution in [2.45, 2.75) is 6.18 Å². The summed E-state index contributed by atoms with van der Waals surface area (Å²) >= 11 is 5.74. The number of halogens is 5. The smallest absolute Gasteiger partial charge is 0.416 e. The largest absolute Gasteiger partial charge is 0.479 e. The number of amides is 1.